The highest BCUT2D eigenvalue weighted by atomic mass is 16.4. The molecule has 19 heavy (non-hydrogen) atoms. The van der Waals surface area contributed by atoms with Crippen LogP contribution in [0, 0.1) is 5.92 Å². The predicted molar refractivity (Wildman–Crippen MR) is 74.3 cm³/mol. The molecule has 0 radical (unpaired) electrons. The Hall–Kier alpha value is -1.32. The Morgan fingerprint density at radius 2 is 2.00 bits per heavy atom. The van der Waals surface area contributed by atoms with Crippen molar-refractivity contribution in [1.29, 1.82) is 0 Å². The van der Waals surface area contributed by atoms with Gasteiger partial charge in [-0.15, -0.1) is 0 Å². The topological polar surface area (TPSA) is 48.9 Å². The Balaban J connectivity index is 0.000000342. The highest BCUT2D eigenvalue weighted by Gasteiger charge is 2.04. The van der Waals surface area contributed by atoms with Crippen LogP contribution in [0.2, 0.25) is 0 Å². The molecule has 4 heteroatoms. The predicted octanol–water partition coefficient (Wildman–Crippen LogP) is 1.77. The van der Waals surface area contributed by atoms with Gasteiger partial charge in [-0.05, 0) is 32.6 Å². The normalized spacial score (nSPS) is 11.6. The van der Waals surface area contributed by atoms with Crippen LogP contribution in [0.3, 0.4) is 0 Å². The van der Waals surface area contributed by atoms with Gasteiger partial charge in [0.15, 0.2) is 0 Å². The number of carboxylic acids is 1. The van der Waals surface area contributed by atoms with Crippen molar-refractivity contribution in [2.75, 3.05) is 0 Å². The molecule has 0 saturated carbocycles. The fourth-order valence-corrected chi connectivity index (χ4v) is 1.75. The monoisotopic (exact) mass is 268 g/mol. The molecule has 0 aliphatic rings. The van der Waals surface area contributed by atoms with Crippen molar-refractivity contribution < 1.29 is 14.5 Å². The van der Waals surface area contributed by atoms with Gasteiger partial charge in [0.2, 0.25) is 6.33 Å². The second kappa shape index (κ2) is 10.6. The van der Waals surface area contributed by atoms with E-state index in [2.05, 4.69) is 48.6 Å². The zero-order valence-electron chi connectivity index (χ0n) is 12.8. The van der Waals surface area contributed by atoms with Gasteiger partial charge in [0, 0.05) is 5.97 Å². The van der Waals surface area contributed by atoms with Gasteiger partial charge in [-0.2, -0.15) is 0 Å². The third kappa shape index (κ3) is 7.65. The molecule has 1 rings (SSSR count). The summed E-state index contributed by atoms with van der Waals surface area (Å²) in [4.78, 5) is 10.3. The maximum absolute atomic E-state index is 10.3. The first kappa shape index (κ1) is 17.7. The van der Waals surface area contributed by atoms with Crippen LogP contribution in [0.5, 0.6) is 0 Å². The minimum Gasteiger partial charge on any atom is -0.550 e. The SMILES string of the molecule is CCCCC(CC)C(=O)[O-].CCn1cc[n+](CC)c1. The van der Waals surface area contributed by atoms with E-state index >= 15 is 0 Å². The van der Waals surface area contributed by atoms with E-state index in [-0.39, 0.29) is 5.92 Å². The summed E-state index contributed by atoms with van der Waals surface area (Å²) in [6, 6.07) is 0. The molecule has 0 saturated heterocycles. The van der Waals surface area contributed by atoms with Gasteiger partial charge in [0.05, 0.1) is 13.1 Å². The van der Waals surface area contributed by atoms with Crippen molar-refractivity contribution in [3.8, 4) is 0 Å². The highest BCUT2D eigenvalue weighted by Crippen LogP contribution is 2.10. The number of nitrogens with zero attached hydrogens (tertiary/aromatic N) is 2. The molecule has 1 unspecified atom stereocenters. The second-order valence-corrected chi connectivity index (χ2v) is 4.64. The van der Waals surface area contributed by atoms with E-state index in [1.807, 2.05) is 6.92 Å². The summed E-state index contributed by atoms with van der Waals surface area (Å²) in [6.07, 6.45) is 9.81. The third-order valence-corrected chi connectivity index (χ3v) is 3.21. The fraction of sp³-hybridized carbons (Fsp3) is 0.733. The van der Waals surface area contributed by atoms with Crippen molar-refractivity contribution >= 4 is 5.97 Å². The molecule has 1 aromatic rings. The number of hydrogen-bond acceptors (Lipinski definition) is 2. The molecule has 0 fully saturated rings. The lowest BCUT2D eigenvalue weighted by Crippen LogP contribution is -2.30. The Morgan fingerprint density at radius 1 is 1.32 bits per heavy atom. The highest BCUT2D eigenvalue weighted by molar-refractivity contribution is 5.67. The van der Waals surface area contributed by atoms with E-state index in [1.54, 1.807) is 0 Å². The molecular formula is C15H28N2O2. The van der Waals surface area contributed by atoms with E-state index in [4.69, 9.17) is 0 Å². The number of aliphatic carboxylic acids is 1. The molecule has 4 nitrogen and oxygen atoms in total. The van der Waals surface area contributed by atoms with E-state index in [0.717, 1.165) is 32.4 Å². The van der Waals surface area contributed by atoms with Crippen LogP contribution >= 0.6 is 0 Å². The number of unbranched alkanes of at least 4 members (excludes halogenated alkanes) is 1. The molecule has 0 bridgehead atoms. The van der Waals surface area contributed by atoms with Gasteiger partial charge in [0.25, 0.3) is 0 Å². The van der Waals surface area contributed by atoms with Crippen LogP contribution in [-0.4, -0.2) is 10.5 Å². The van der Waals surface area contributed by atoms with Gasteiger partial charge >= 0.3 is 0 Å². The minimum absolute atomic E-state index is 0.222. The summed E-state index contributed by atoms with van der Waals surface area (Å²) in [5.41, 5.74) is 0. The van der Waals surface area contributed by atoms with E-state index in [1.165, 1.54) is 0 Å². The molecule has 0 aliphatic carbocycles. The van der Waals surface area contributed by atoms with Crippen molar-refractivity contribution in [3.05, 3.63) is 18.7 Å². The molecule has 0 amide bonds. The molecule has 0 aromatic carbocycles. The van der Waals surface area contributed by atoms with Crippen LogP contribution in [-0.2, 0) is 17.9 Å². The van der Waals surface area contributed by atoms with Crippen LogP contribution in [0.15, 0.2) is 18.7 Å². The van der Waals surface area contributed by atoms with Crippen LogP contribution < -0.4 is 9.67 Å². The average Bonchev–Trinajstić information content (AvgIpc) is 2.88. The van der Waals surface area contributed by atoms with Crippen molar-refractivity contribution in [1.82, 2.24) is 4.57 Å². The van der Waals surface area contributed by atoms with Gasteiger partial charge in [0.1, 0.15) is 12.4 Å². The molecule has 1 atom stereocenters. The van der Waals surface area contributed by atoms with Gasteiger partial charge in [-0.1, -0.05) is 26.7 Å². The van der Waals surface area contributed by atoms with E-state index in [0.29, 0.717) is 6.42 Å². The van der Waals surface area contributed by atoms with Gasteiger partial charge in [-0.25, -0.2) is 9.13 Å². The van der Waals surface area contributed by atoms with Crippen molar-refractivity contribution in [2.45, 2.75) is 66.5 Å². The molecular weight excluding hydrogens is 240 g/mol. The summed E-state index contributed by atoms with van der Waals surface area (Å²) in [6.45, 7) is 10.3. The lowest BCUT2D eigenvalue weighted by molar-refractivity contribution is -0.693. The van der Waals surface area contributed by atoms with E-state index < -0.39 is 5.97 Å². The smallest absolute Gasteiger partial charge is 0.243 e. The molecule has 110 valence electrons. The van der Waals surface area contributed by atoms with Crippen LogP contribution in [0.1, 0.15) is 53.4 Å². The molecule has 1 aromatic heterocycles. The standard InChI is InChI=1S/C8H16O2.C7H13N2/c1-3-5-6-7(4-2)8(9)10;1-3-8-5-6-9(4-2)7-8/h7H,3-6H2,1-2H3,(H,9,10);5-7H,3-4H2,1-2H3/q;+1/p-1. The summed E-state index contributed by atoms with van der Waals surface area (Å²) in [5.74, 6) is -1.11. The Bertz CT molecular complexity index is 329. The lowest BCUT2D eigenvalue weighted by atomic mass is 10.00. The van der Waals surface area contributed by atoms with Gasteiger partial charge in [-0.3, -0.25) is 0 Å². The number of rotatable bonds is 7. The van der Waals surface area contributed by atoms with Gasteiger partial charge < -0.3 is 9.90 Å². The quantitative estimate of drug-likeness (QED) is 0.708. The number of imidazole rings is 1. The zero-order chi connectivity index (χ0) is 14.7. The molecule has 0 aliphatic heterocycles. The number of aromatic nitrogens is 2. The van der Waals surface area contributed by atoms with Crippen LogP contribution in [0.4, 0.5) is 0 Å². The number of hydrogen-bond donors (Lipinski definition) is 0. The zero-order valence-corrected chi connectivity index (χ0v) is 12.8. The first-order valence-corrected chi connectivity index (χ1v) is 7.34. The summed E-state index contributed by atoms with van der Waals surface area (Å²) in [5, 5.41) is 10.3. The largest absolute Gasteiger partial charge is 0.550 e. The third-order valence-electron chi connectivity index (χ3n) is 3.21. The number of carbonyl (C=O) groups is 1. The number of aryl methyl sites for hydroxylation is 2. The summed E-state index contributed by atoms with van der Waals surface area (Å²) in [7, 11) is 0. The Kier molecular flexibility index (Phi) is 9.85. The first-order chi connectivity index (χ1) is 9.08. The average molecular weight is 268 g/mol. The maximum Gasteiger partial charge on any atom is 0.243 e. The van der Waals surface area contributed by atoms with Crippen LogP contribution in [0.25, 0.3) is 0 Å². The molecule has 1 heterocycles. The summed E-state index contributed by atoms with van der Waals surface area (Å²) < 4.78 is 4.31. The second-order valence-electron chi connectivity index (χ2n) is 4.64. The minimum atomic E-state index is -0.893. The summed E-state index contributed by atoms with van der Waals surface area (Å²) >= 11 is 0. The fourth-order valence-electron chi connectivity index (χ4n) is 1.75. The van der Waals surface area contributed by atoms with E-state index in [9.17, 15) is 9.90 Å². The Labute approximate surface area is 117 Å². The number of carbonyl (C=O) groups excluding carboxylic acids is 1. The first-order valence-electron chi connectivity index (χ1n) is 7.34. The van der Waals surface area contributed by atoms with Crippen molar-refractivity contribution in [3.63, 3.8) is 0 Å². The lowest BCUT2D eigenvalue weighted by Gasteiger charge is -2.14. The molecule has 0 N–H and O–H groups in total. The maximum atomic E-state index is 10.3. The number of carboxylic acid groups (broad SMARTS) is 1. The van der Waals surface area contributed by atoms with Crippen molar-refractivity contribution in [2.24, 2.45) is 5.92 Å². The molecule has 0 spiro atoms. The Morgan fingerprint density at radius 3 is 2.32 bits per heavy atom.